The number of benzene rings is 1. The first kappa shape index (κ1) is 18.8. The van der Waals surface area contributed by atoms with Gasteiger partial charge < -0.3 is 24.8 Å². The molecule has 0 nitrogen and oxygen atoms in total. The summed E-state index contributed by atoms with van der Waals surface area (Å²) in [6.07, 6.45) is 14.7. The van der Waals surface area contributed by atoms with E-state index in [1.54, 1.807) is 15.0 Å². The summed E-state index contributed by atoms with van der Waals surface area (Å²) in [5.74, 6) is 0. The number of hydrogen-bond acceptors (Lipinski definition) is 0. The van der Waals surface area contributed by atoms with Crippen molar-refractivity contribution < 1.29 is 44.0 Å². The third kappa shape index (κ3) is 4.36. The largest absolute Gasteiger partial charge is 1.00 e. The molecule has 0 fully saturated rings. The Hall–Kier alpha value is -0.266. The second-order valence-electron chi connectivity index (χ2n) is 5.32. The van der Waals surface area contributed by atoms with Gasteiger partial charge in [-0.1, -0.05) is 0 Å². The van der Waals surface area contributed by atoms with Crippen LogP contribution in [0.15, 0.2) is 51.9 Å². The third-order valence-corrected chi connectivity index (χ3v) is 6.59. The number of unbranched alkanes of at least 4 members (excludes halogenated alkanes) is 1. The molecule has 3 rings (SSSR count). The molecule has 0 aliphatic heterocycles. The first-order valence-corrected chi connectivity index (χ1v) is 8.99. The predicted octanol–water partition coefficient (Wildman–Crippen LogP) is -0.751. The van der Waals surface area contributed by atoms with E-state index in [1.165, 1.54) is 31.2 Å². The van der Waals surface area contributed by atoms with Crippen molar-refractivity contribution in [1.29, 1.82) is 0 Å². The Morgan fingerprint density at radius 2 is 1.95 bits per heavy atom. The van der Waals surface area contributed by atoms with E-state index in [1.807, 2.05) is 0 Å². The maximum Gasteiger partial charge on any atom is -1.00 e. The summed E-state index contributed by atoms with van der Waals surface area (Å²) in [7, 11) is 0. The molecule has 0 radical (unpaired) electrons. The van der Waals surface area contributed by atoms with Gasteiger partial charge in [0.1, 0.15) is 0 Å². The third-order valence-electron chi connectivity index (χ3n) is 3.96. The maximum absolute atomic E-state index is 2.44. The summed E-state index contributed by atoms with van der Waals surface area (Å²) in [6.45, 7) is 2.28. The van der Waals surface area contributed by atoms with Crippen LogP contribution in [-0.4, -0.2) is 0 Å². The van der Waals surface area contributed by atoms with Crippen LogP contribution in [0.3, 0.4) is 0 Å². The van der Waals surface area contributed by atoms with E-state index in [2.05, 4.69) is 55.5 Å². The number of rotatable bonds is 5. The normalized spacial score (nSPS) is 18.0. The summed E-state index contributed by atoms with van der Waals surface area (Å²) in [5, 5.41) is 0. The Balaban J connectivity index is 0.00000110. The Labute approximate surface area is 149 Å². The SMILES string of the molecule is CCCCC1=[C]([Ti+2][CH]2C=Cc3ccccc32)CC=C1.[Cl-].[Cl-]. The van der Waals surface area contributed by atoms with Gasteiger partial charge in [-0.3, -0.25) is 0 Å². The van der Waals surface area contributed by atoms with Gasteiger partial charge in [-0.05, 0) is 0 Å². The molecular formula is C18H20Cl2Ti. The number of allylic oxidation sites excluding steroid dienone is 5. The van der Waals surface area contributed by atoms with E-state index in [4.69, 9.17) is 0 Å². The van der Waals surface area contributed by atoms with Crippen molar-refractivity contribution in [2.45, 2.75) is 36.8 Å². The smallest absolute Gasteiger partial charge is 1.00 e. The van der Waals surface area contributed by atoms with E-state index in [-0.39, 0.29) is 44.0 Å². The summed E-state index contributed by atoms with van der Waals surface area (Å²) in [6, 6.07) is 8.90. The monoisotopic (exact) mass is 354 g/mol. The van der Waals surface area contributed by atoms with Gasteiger partial charge in [0.25, 0.3) is 0 Å². The van der Waals surface area contributed by atoms with Crippen molar-refractivity contribution in [3.63, 3.8) is 0 Å². The molecule has 1 aromatic rings. The van der Waals surface area contributed by atoms with Crippen molar-refractivity contribution in [3.8, 4) is 0 Å². The standard InChI is InChI=1S/C9H7.C9H13.2ClH.Ti/c1-2-5-9-7-3-6-8(9)4-1;1-2-3-6-9-7-4-5-8-9;;;/h1-7H;4,7H,2-3,5-6H2,1H3;2*1H;/q;;;;+2/p-2. The van der Waals surface area contributed by atoms with Gasteiger partial charge in [-0.25, -0.2) is 0 Å². The van der Waals surface area contributed by atoms with Crippen LogP contribution >= 0.6 is 0 Å². The van der Waals surface area contributed by atoms with Crippen LogP contribution in [0, 0.1) is 0 Å². The zero-order valence-corrected chi connectivity index (χ0v) is 15.4. The van der Waals surface area contributed by atoms with Gasteiger partial charge in [0.05, 0.1) is 0 Å². The van der Waals surface area contributed by atoms with Crippen LogP contribution in [0.25, 0.3) is 6.08 Å². The molecule has 2 aliphatic carbocycles. The van der Waals surface area contributed by atoms with E-state index in [0.717, 1.165) is 4.22 Å². The average molecular weight is 355 g/mol. The minimum Gasteiger partial charge on any atom is -1.00 e. The molecule has 0 saturated carbocycles. The molecule has 0 spiro atoms. The van der Waals surface area contributed by atoms with Crippen molar-refractivity contribution in [2.75, 3.05) is 0 Å². The van der Waals surface area contributed by atoms with Crippen LogP contribution < -0.4 is 24.8 Å². The topological polar surface area (TPSA) is 0 Å². The summed E-state index contributed by atoms with van der Waals surface area (Å²) >= 11 is -0.0498. The molecule has 0 N–H and O–H groups in total. The van der Waals surface area contributed by atoms with Gasteiger partial charge in [0.15, 0.2) is 0 Å². The second kappa shape index (κ2) is 9.00. The maximum atomic E-state index is 2.44. The van der Waals surface area contributed by atoms with Gasteiger partial charge in [0, 0.05) is 0 Å². The molecule has 1 atom stereocenters. The Morgan fingerprint density at radius 3 is 2.76 bits per heavy atom. The van der Waals surface area contributed by atoms with E-state index in [9.17, 15) is 0 Å². The fraction of sp³-hybridized carbons (Fsp3) is 0.333. The van der Waals surface area contributed by atoms with Crippen molar-refractivity contribution in [2.24, 2.45) is 0 Å². The Kier molecular flexibility index (Phi) is 8.05. The fourth-order valence-electron chi connectivity index (χ4n) is 2.87. The minimum absolute atomic E-state index is 0. The average Bonchev–Trinajstić information content (AvgIpc) is 3.05. The zero-order valence-electron chi connectivity index (χ0n) is 12.3. The fourth-order valence-corrected chi connectivity index (χ4v) is 5.39. The predicted molar refractivity (Wildman–Crippen MR) is 78.5 cm³/mol. The van der Waals surface area contributed by atoms with Crippen molar-refractivity contribution in [1.82, 2.24) is 0 Å². The number of halogens is 2. The van der Waals surface area contributed by atoms with Crippen molar-refractivity contribution >= 4 is 6.08 Å². The van der Waals surface area contributed by atoms with E-state index < -0.39 is 0 Å². The molecule has 21 heavy (non-hydrogen) atoms. The zero-order chi connectivity index (χ0) is 13.1. The van der Waals surface area contributed by atoms with Crippen LogP contribution in [0.4, 0.5) is 0 Å². The van der Waals surface area contributed by atoms with Crippen molar-refractivity contribution in [3.05, 3.63) is 63.1 Å². The molecule has 3 heteroatoms. The first-order chi connectivity index (χ1) is 9.38. The number of hydrogen-bond donors (Lipinski definition) is 0. The molecular weight excluding hydrogens is 335 g/mol. The van der Waals surface area contributed by atoms with Crippen LogP contribution in [0.2, 0.25) is 0 Å². The van der Waals surface area contributed by atoms with Gasteiger partial charge in [-0.2, -0.15) is 0 Å². The summed E-state index contributed by atoms with van der Waals surface area (Å²) < 4.78 is 2.52. The van der Waals surface area contributed by atoms with E-state index >= 15 is 0 Å². The molecule has 0 aromatic heterocycles. The van der Waals surface area contributed by atoms with Gasteiger partial charge in [0.2, 0.25) is 0 Å². The Morgan fingerprint density at radius 1 is 1.14 bits per heavy atom. The van der Waals surface area contributed by atoms with E-state index in [0.29, 0.717) is 0 Å². The van der Waals surface area contributed by atoms with Crippen LogP contribution in [0.1, 0.15) is 48.0 Å². The molecule has 0 amide bonds. The molecule has 1 unspecified atom stereocenters. The van der Waals surface area contributed by atoms with Gasteiger partial charge >= 0.3 is 125 Å². The van der Waals surface area contributed by atoms with Crippen LogP contribution in [-0.2, 0) is 19.2 Å². The summed E-state index contributed by atoms with van der Waals surface area (Å²) in [5.41, 5.74) is 4.68. The summed E-state index contributed by atoms with van der Waals surface area (Å²) in [4.78, 5) is 0. The molecule has 0 saturated heterocycles. The minimum atomic E-state index is -0.0498. The quantitative estimate of drug-likeness (QED) is 0.610. The molecule has 1 aromatic carbocycles. The first-order valence-electron chi connectivity index (χ1n) is 7.30. The molecule has 2 aliphatic rings. The van der Waals surface area contributed by atoms with Gasteiger partial charge in [-0.15, -0.1) is 0 Å². The Bertz CT molecular complexity index is 558. The van der Waals surface area contributed by atoms with Crippen LogP contribution in [0.5, 0.6) is 0 Å². The number of fused-ring (bicyclic) bond motifs is 1. The molecule has 0 bridgehead atoms. The second-order valence-corrected chi connectivity index (χ2v) is 7.69. The molecule has 110 valence electrons. The molecule has 0 heterocycles.